The van der Waals surface area contributed by atoms with Crippen molar-refractivity contribution in [3.05, 3.63) is 59.2 Å². The first-order chi connectivity index (χ1) is 12.0. The third-order valence-corrected chi connectivity index (χ3v) is 4.77. The van der Waals surface area contributed by atoms with E-state index in [1.807, 2.05) is 26.0 Å². The van der Waals surface area contributed by atoms with Crippen LogP contribution in [0.4, 0.5) is 11.4 Å². The molecule has 1 aliphatic rings. The topological polar surface area (TPSA) is 35.6 Å². The van der Waals surface area contributed by atoms with Crippen molar-refractivity contribution in [1.82, 2.24) is 4.90 Å². The molecule has 1 amide bonds. The molecule has 0 aliphatic carbocycles. The lowest BCUT2D eigenvalue weighted by Crippen LogP contribution is -2.48. The molecule has 4 heteroatoms. The highest BCUT2D eigenvalue weighted by atomic mass is 16.2. The van der Waals surface area contributed by atoms with Crippen LogP contribution < -0.4 is 10.2 Å². The Hall–Kier alpha value is -2.33. The molecule has 1 aliphatic heterocycles. The second kappa shape index (κ2) is 7.70. The summed E-state index contributed by atoms with van der Waals surface area (Å²) in [6.45, 7) is 10.4. The quantitative estimate of drug-likeness (QED) is 0.929. The molecule has 1 N–H and O–H groups in total. The van der Waals surface area contributed by atoms with Crippen LogP contribution in [0.2, 0.25) is 0 Å². The SMILES string of the molecule is Cc1cccc(N2CCN(CC(=O)Nc3cc(C)ccc3C)CC2)c1. The lowest BCUT2D eigenvalue weighted by molar-refractivity contribution is -0.117. The number of hydrogen-bond donors (Lipinski definition) is 1. The molecule has 2 aromatic carbocycles. The van der Waals surface area contributed by atoms with Crippen LogP contribution in [0.15, 0.2) is 42.5 Å². The number of anilines is 2. The summed E-state index contributed by atoms with van der Waals surface area (Å²) in [6, 6.07) is 14.8. The highest BCUT2D eigenvalue weighted by Gasteiger charge is 2.19. The van der Waals surface area contributed by atoms with E-state index in [-0.39, 0.29) is 5.91 Å². The van der Waals surface area contributed by atoms with Crippen molar-refractivity contribution in [2.75, 3.05) is 42.9 Å². The Bertz CT molecular complexity index is 749. The molecule has 25 heavy (non-hydrogen) atoms. The molecule has 0 radical (unpaired) electrons. The van der Waals surface area contributed by atoms with Crippen molar-refractivity contribution in [1.29, 1.82) is 0 Å². The second-order valence-corrected chi connectivity index (χ2v) is 6.97. The van der Waals surface area contributed by atoms with E-state index in [4.69, 9.17) is 0 Å². The monoisotopic (exact) mass is 337 g/mol. The zero-order chi connectivity index (χ0) is 17.8. The maximum Gasteiger partial charge on any atom is 0.238 e. The Morgan fingerprint density at radius 2 is 1.68 bits per heavy atom. The van der Waals surface area contributed by atoms with Crippen molar-refractivity contribution in [3.8, 4) is 0 Å². The predicted molar refractivity (Wildman–Crippen MR) is 104 cm³/mol. The van der Waals surface area contributed by atoms with Crippen molar-refractivity contribution in [2.24, 2.45) is 0 Å². The number of nitrogens with one attached hydrogen (secondary N) is 1. The molecule has 132 valence electrons. The van der Waals surface area contributed by atoms with E-state index >= 15 is 0 Å². The molecule has 1 heterocycles. The first kappa shape index (κ1) is 17.5. The molecule has 1 saturated heterocycles. The summed E-state index contributed by atoms with van der Waals surface area (Å²) < 4.78 is 0. The molecular weight excluding hydrogens is 310 g/mol. The van der Waals surface area contributed by atoms with Gasteiger partial charge in [0.15, 0.2) is 0 Å². The van der Waals surface area contributed by atoms with Gasteiger partial charge in [-0.2, -0.15) is 0 Å². The third kappa shape index (κ3) is 4.60. The summed E-state index contributed by atoms with van der Waals surface area (Å²) >= 11 is 0. The maximum atomic E-state index is 12.4. The van der Waals surface area contributed by atoms with Crippen molar-refractivity contribution in [3.63, 3.8) is 0 Å². The first-order valence-corrected chi connectivity index (χ1v) is 8.92. The minimum atomic E-state index is 0.0673. The Morgan fingerprint density at radius 1 is 0.960 bits per heavy atom. The lowest BCUT2D eigenvalue weighted by atomic mass is 10.1. The molecule has 0 unspecified atom stereocenters. The standard InChI is InChI=1S/C21H27N3O/c1-16-5-4-6-19(13-16)24-11-9-23(10-12-24)15-21(25)22-20-14-17(2)7-8-18(20)3/h4-8,13-14H,9-12,15H2,1-3H3,(H,22,25). The molecule has 1 fully saturated rings. The van der Waals surface area contributed by atoms with Crippen LogP contribution in [0.25, 0.3) is 0 Å². The van der Waals surface area contributed by atoms with Gasteiger partial charge >= 0.3 is 0 Å². The van der Waals surface area contributed by atoms with Gasteiger partial charge in [0.25, 0.3) is 0 Å². The lowest BCUT2D eigenvalue weighted by Gasteiger charge is -2.35. The average molecular weight is 337 g/mol. The van der Waals surface area contributed by atoms with E-state index in [2.05, 4.69) is 52.4 Å². The van der Waals surface area contributed by atoms with Crippen LogP contribution in [0.5, 0.6) is 0 Å². The molecular formula is C21H27N3O. The summed E-state index contributed by atoms with van der Waals surface area (Å²) in [4.78, 5) is 17.0. The van der Waals surface area contributed by atoms with E-state index in [0.717, 1.165) is 43.0 Å². The normalized spacial score (nSPS) is 15.2. The zero-order valence-electron chi connectivity index (χ0n) is 15.4. The summed E-state index contributed by atoms with van der Waals surface area (Å²) in [5.41, 5.74) is 5.74. The first-order valence-electron chi connectivity index (χ1n) is 8.92. The molecule has 0 atom stereocenters. The zero-order valence-corrected chi connectivity index (χ0v) is 15.4. The number of carbonyl (C=O) groups excluding carboxylic acids is 1. The highest BCUT2D eigenvalue weighted by Crippen LogP contribution is 2.18. The number of aryl methyl sites for hydroxylation is 3. The largest absolute Gasteiger partial charge is 0.369 e. The van der Waals surface area contributed by atoms with Crippen molar-refractivity contribution in [2.45, 2.75) is 20.8 Å². The van der Waals surface area contributed by atoms with Crippen LogP contribution in [-0.2, 0) is 4.79 Å². The fraction of sp³-hybridized carbons (Fsp3) is 0.381. The van der Waals surface area contributed by atoms with Gasteiger partial charge in [-0.25, -0.2) is 0 Å². The van der Waals surface area contributed by atoms with Crippen molar-refractivity contribution < 1.29 is 4.79 Å². The van der Waals surface area contributed by atoms with Crippen molar-refractivity contribution >= 4 is 17.3 Å². The molecule has 0 saturated carbocycles. The summed E-state index contributed by atoms with van der Waals surface area (Å²) in [7, 11) is 0. The van der Waals surface area contributed by atoms with Gasteiger partial charge in [-0.3, -0.25) is 9.69 Å². The predicted octanol–water partition coefficient (Wildman–Crippen LogP) is 3.37. The van der Waals surface area contributed by atoms with Crippen LogP contribution in [0.3, 0.4) is 0 Å². The van der Waals surface area contributed by atoms with E-state index in [9.17, 15) is 4.79 Å². The molecule has 3 rings (SSSR count). The fourth-order valence-corrected chi connectivity index (χ4v) is 3.25. The van der Waals surface area contributed by atoms with Crippen LogP contribution in [-0.4, -0.2) is 43.5 Å². The van der Waals surface area contributed by atoms with Gasteiger partial charge in [0.1, 0.15) is 0 Å². The molecule has 4 nitrogen and oxygen atoms in total. The van der Waals surface area contributed by atoms with Crippen LogP contribution >= 0.6 is 0 Å². The molecule has 0 spiro atoms. The number of hydrogen-bond acceptors (Lipinski definition) is 3. The number of benzene rings is 2. The molecule has 0 bridgehead atoms. The number of rotatable bonds is 4. The summed E-state index contributed by atoms with van der Waals surface area (Å²) in [5, 5.41) is 3.05. The minimum Gasteiger partial charge on any atom is -0.369 e. The van der Waals surface area contributed by atoms with Gasteiger partial charge < -0.3 is 10.2 Å². The maximum absolute atomic E-state index is 12.4. The highest BCUT2D eigenvalue weighted by molar-refractivity contribution is 5.93. The van der Waals surface area contributed by atoms with Gasteiger partial charge in [0.05, 0.1) is 6.54 Å². The Balaban J connectivity index is 1.52. The van der Waals surface area contributed by atoms with Gasteiger partial charge in [0.2, 0.25) is 5.91 Å². The number of piperazine rings is 1. The Morgan fingerprint density at radius 3 is 2.40 bits per heavy atom. The second-order valence-electron chi connectivity index (χ2n) is 6.97. The van der Waals surface area contributed by atoms with E-state index in [0.29, 0.717) is 6.54 Å². The molecule has 0 aromatic heterocycles. The number of amides is 1. The minimum absolute atomic E-state index is 0.0673. The number of carbonyl (C=O) groups is 1. The summed E-state index contributed by atoms with van der Waals surface area (Å²) in [5.74, 6) is 0.0673. The van der Waals surface area contributed by atoms with Gasteiger partial charge in [-0.1, -0.05) is 24.3 Å². The smallest absolute Gasteiger partial charge is 0.238 e. The van der Waals surface area contributed by atoms with E-state index < -0.39 is 0 Å². The van der Waals surface area contributed by atoms with E-state index in [1.165, 1.54) is 11.3 Å². The fourth-order valence-electron chi connectivity index (χ4n) is 3.25. The average Bonchev–Trinajstić information content (AvgIpc) is 2.59. The third-order valence-electron chi connectivity index (χ3n) is 4.77. The van der Waals surface area contributed by atoms with Gasteiger partial charge in [-0.15, -0.1) is 0 Å². The van der Waals surface area contributed by atoms with Gasteiger partial charge in [-0.05, 0) is 55.7 Å². The van der Waals surface area contributed by atoms with Crippen LogP contribution in [0.1, 0.15) is 16.7 Å². The number of nitrogens with zero attached hydrogens (tertiary/aromatic N) is 2. The Labute approximate surface area is 150 Å². The van der Waals surface area contributed by atoms with Gasteiger partial charge in [0, 0.05) is 37.6 Å². The molecule has 2 aromatic rings. The van der Waals surface area contributed by atoms with Crippen LogP contribution in [0, 0.1) is 20.8 Å². The van der Waals surface area contributed by atoms with E-state index in [1.54, 1.807) is 0 Å². The Kier molecular flexibility index (Phi) is 5.39. The summed E-state index contributed by atoms with van der Waals surface area (Å²) in [6.07, 6.45) is 0.